The number of anilines is 3. The Hall–Kier alpha value is -6.96. The fraction of sp³-hybridized carbons (Fsp3) is 0.0714. The molecular formula is C56H41N. The summed E-state index contributed by atoms with van der Waals surface area (Å²) in [4.78, 5) is 2.49. The molecule has 0 fully saturated rings. The van der Waals surface area contributed by atoms with E-state index in [1.54, 1.807) is 0 Å². The maximum absolute atomic E-state index is 2.49. The second kappa shape index (κ2) is 12.8. The first-order chi connectivity index (χ1) is 28.0. The van der Waals surface area contributed by atoms with Crippen LogP contribution >= 0.6 is 0 Å². The van der Waals surface area contributed by atoms with Crippen LogP contribution in [0.15, 0.2) is 212 Å². The molecule has 0 aliphatic heterocycles. The highest BCUT2D eigenvalue weighted by Crippen LogP contribution is 2.58. The van der Waals surface area contributed by atoms with Crippen LogP contribution in [-0.4, -0.2) is 0 Å². The van der Waals surface area contributed by atoms with Crippen molar-refractivity contribution in [3.8, 4) is 33.4 Å². The van der Waals surface area contributed by atoms with E-state index in [4.69, 9.17) is 0 Å². The number of rotatable bonds is 6. The summed E-state index contributed by atoms with van der Waals surface area (Å²) in [7, 11) is 0. The van der Waals surface area contributed by atoms with E-state index in [0.29, 0.717) is 0 Å². The van der Waals surface area contributed by atoms with Crippen LogP contribution in [0.5, 0.6) is 0 Å². The van der Waals surface area contributed by atoms with Crippen molar-refractivity contribution in [2.24, 2.45) is 0 Å². The number of benzene rings is 9. The molecule has 0 amide bonds. The zero-order valence-corrected chi connectivity index (χ0v) is 32.2. The smallest absolute Gasteiger partial charge is 0.0714 e. The van der Waals surface area contributed by atoms with E-state index < -0.39 is 5.41 Å². The second-order valence-electron chi connectivity index (χ2n) is 16.0. The average Bonchev–Trinajstić information content (AvgIpc) is 3.70. The van der Waals surface area contributed by atoms with E-state index in [-0.39, 0.29) is 5.41 Å². The van der Waals surface area contributed by atoms with Gasteiger partial charge in [0, 0.05) is 22.2 Å². The fourth-order valence-electron chi connectivity index (χ4n) is 10.2. The molecule has 0 heterocycles. The van der Waals surface area contributed by atoms with Crippen LogP contribution in [0.1, 0.15) is 47.2 Å². The SMILES string of the molecule is CC1(C)c2ccccc2-c2c1ccc1c(N(c3ccc(-c4ccccc4)cc3)c3ccc4c(c3)C(c3ccccc3)(c3ccccc3)c3ccccc3-4)cccc21. The zero-order chi connectivity index (χ0) is 38.1. The summed E-state index contributed by atoms with van der Waals surface area (Å²) in [6, 6.07) is 78.7. The molecule has 0 N–H and O–H groups in total. The number of nitrogens with zero attached hydrogens (tertiary/aromatic N) is 1. The molecule has 0 saturated carbocycles. The molecule has 2 aliphatic carbocycles. The van der Waals surface area contributed by atoms with Gasteiger partial charge in [-0.25, -0.2) is 0 Å². The quantitative estimate of drug-likeness (QED) is 0.165. The van der Waals surface area contributed by atoms with Gasteiger partial charge in [0.1, 0.15) is 0 Å². The minimum Gasteiger partial charge on any atom is -0.310 e. The molecule has 1 heteroatoms. The van der Waals surface area contributed by atoms with E-state index in [9.17, 15) is 0 Å². The van der Waals surface area contributed by atoms with Crippen LogP contribution in [-0.2, 0) is 10.8 Å². The van der Waals surface area contributed by atoms with Gasteiger partial charge in [0.25, 0.3) is 0 Å². The topological polar surface area (TPSA) is 3.24 Å². The van der Waals surface area contributed by atoms with Crippen LogP contribution in [0.2, 0.25) is 0 Å². The molecule has 57 heavy (non-hydrogen) atoms. The van der Waals surface area contributed by atoms with Crippen molar-refractivity contribution in [2.75, 3.05) is 4.90 Å². The van der Waals surface area contributed by atoms with E-state index in [2.05, 4.69) is 231 Å². The van der Waals surface area contributed by atoms with Gasteiger partial charge in [-0.2, -0.15) is 0 Å². The summed E-state index contributed by atoms with van der Waals surface area (Å²) in [6.45, 7) is 4.73. The Morgan fingerprint density at radius 2 is 0.912 bits per heavy atom. The molecule has 1 nitrogen and oxygen atoms in total. The third-order valence-electron chi connectivity index (χ3n) is 12.8. The second-order valence-corrected chi connectivity index (χ2v) is 16.0. The highest BCUT2D eigenvalue weighted by molar-refractivity contribution is 6.09. The lowest BCUT2D eigenvalue weighted by molar-refractivity contribution is 0.661. The molecule has 270 valence electrons. The van der Waals surface area contributed by atoms with Gasteiger partial charge in [0.15, 0.2) is 0 Å². The summed E-state index contributed by atoms with van der Waals surface area (Å²) in [6.07, 6.45) is 0. The third-order valence-corrected chi connectivity index (χ3v) is 12.8. The predicted molar refractivity (Wildman–Crippen MR) is 239 cm³/mol. The Morgan fingerprint density at radius 3 is 1.61 bits per heavy atom. The van der Waals surface area contributed by atoms with Gasteiger partial charge in [0.2, 0.25) is 0 Å². The molecule has 9 aromatic rings. The number of hydrogen-bond donors (Lipinski definition) is 0. The van der Waals surface area contributed by atoms with Gasteiger partial charge in [-0.05, 0) is 102 Å². The minimum atomic E-state index is -0.498. The average molecular weight is 728 g/mol. The first kappa shape index (κ1) is 33.4. The maximum atomic E-state index is 2.49. The Kier molecular flexibility index (Phi) is 7.50. The van der Waals surface area contributed by atoms with Crippen molar-refractivity contribution < 1.29 is 0 Å². The van der Waals surface area contributed by atoms with Crippen molar-refractivity contribution in [3.05, 3.63) is 246 Å². The lowest BCUT2D eigenvalue weighted by atomic mass is 9.67. The highest BCUT2D eigenvalue weighted by atomic mass is 15.1. The van der Waals surface area contributed by atoms with Gasteiger partial charge in [-0.1, -0.05) is 196 Å². The molecule has 0 radical (unpaired) electrons. The molecule has 9 aromatic carbocycles. The van der Waals surface area contributed by atoms with Crippen LogP contribution < -0.4 is 4.90 Å². The number of fused-ring (bicyclic) bond motifs is 8. The van der Waals surface area contributed by atoms with Gasteiger partial charge < -0.3 is 4.90 Å². The van der Waals surface area contributed by atoms with Crippen LogP contribution in [0.25, 0.3) is 44.2 Å². The molecule has 0 saturated heterocycles. The normalized spacial score (nSPS) is 14.1. The number of hydrogen-bond acceptors (Lipinski definition) is 1. The Labute approximate surface area is 335 Å². The predicted octanol–water partition coefficient (Wildman–Crippen LogP) is 14.6. The van der Waals surface area contributed by atoms with Crippen LogP contribution in [0, 0.1) is 0 Å². The molecular weight excluding hydrogens is 687 g/mol. The fourth-order valence-corrected chi connectivity index (χ4v) is 10.2. The summed E-state index contributed by atoms with van der Waals surface area (Å²) in [5.41, 5.74) is 18.4. The lowest BCUT2D eigenvalue weighted by Gasteiger charge is -2.35. The highest BCUT2D eigenvalue weighted by Gasteiger charge is 2.46. The Bertz CT molecular complexity index is 2920. The van der Waals surface area contributed by atoms with Gasteiger partial charge in [-0.15, -0.1) is 0 Å². The maximum Gasteiger partial charge on any atom is 0.0714 e. The third kappa shape index (κ3) is 4.89. The molecule has 0 aromatic heterocycles. The van der Waals surface area contributed by atoms with Crippen molar-refractivity contribution in [2.45, 2.75) is 24.7 Å². The van der Waals surface area contributed by atoms with Crippen molar-refractivity contribution in [3.63, 3.8) is 0 Å². The first-order valence-corrected chi connectivity index (χ1v) is 20.0. The van der Waals surface area contributed by atoms with Crippen molar-refractivity contribution >= 4 is 27.8 Å². The van der Waals surface area contributed by atoms with Crippen molar-refractivity contribution in [1.82, 2.24) is 0 Å². The molecule has 0 atom stereocenters. The van der Waals surface area contributed by atoms with E-state index in [0.717, 1.165) is 17.1 Å². The summed E-state index contributed by atoms with van der Waals surface area (Å²) >= 11 is 0. The monoisotopic (exact) mass is 727 g/mol. The molecule has 0 bridgehead atoms. The van der Waals surface area contributed by atoms with Gasteiger partial charge in [0.05, 0.1) is 11.1 Å². The van der Waals surface area contributed by atoms with E-state index in [1.165, 1.54) is 77.5 Å². The van der Waals surface area contributed by atoms with Gasteiger partial charge >= 0.3 is 0 Å². The minimum absolute atomic E-state index is 0.0731. The van der Waals surface area contributed by atoms with Crippen LogP contribution in [0.4, 0.5) is 17.1 Å². The summed E-state index contributed by atoms with van der Waals surface area (Å²) in [5, 5.41) is 2.52. The molecule has 2 aliphatic rings. The van der Waals surface area contributed by atoms with Gasteiger partial charge in [-0.3, -0.25) is 0 Å². The standard InChI is InChI=1S/C56H41N/c1-55(2)49-26-14-13-24-48(49)54-47-25-16-28-53(46(47)35-36-51(54)55)57(42-31-29-39(30-32-42)38-17-6-3-7-18-38)43-33-34-45-44-23-12-15-27-50(44)56(52(45)37-43,40-19-8-4-9-20-40)41-21-10-5-11-22-41/h3-37H,1-2H3. The first-order valence-electron chi connectivity index (χ1n) is 20.0. The van der Waals surface area contributed by atoms with Crippen molar-refractivity contribution in [1.29, 1.82) is 0 Å². The lowest BCUT2D eigenvalue weighted by Crippen LogP contribution is -2.28. The Balaban J connectivity index is 1.18. The van der Waals surface area contributed by atoms with E-state index in [1.807, 2.05) is 0 Å². The molecule has 0 spiro atoms. The zero-order valence-electron chi connectivity index (χ0n) is 32.2. The molecule has 11 rings (SSSR count). The summed E-state index contributed by atoms with van der Waals surface area (Å²) < 4.78 is 0. The molecule has 0 unspecified atom stereocenters. The van der Waals surface area contributed by atoms with Crippen LogP contribution in [0.3, 0.4) is 0 Å². The largest absolute Gasteiger partial charge is 0.310 e. The summed E-state index contributed by atoms with van der Waals surface area (Å²) in [5.74, 6) is 0. The Morgan fingerprint density at radius 1 is 0.351 bits per heavy atom. The van der Waals surface area contributed by atoms with E-state index >= 15 is 0 Å².